The first-order chi connectivity index (χ1) is 9.02. The van der Waals surface area contributed by atoms with Gasteiger partial charge in [0.15, 0.2) is 0 Å². The number of alkyl halides is 1. The minimum absolute atomic E-state index is 0.256. The van der Waals surface area contributed by atoms with Gasteiger partial charge in [-0.2, -0.15) is 0 Å². The Kier molecular flexibility index (Phi) is 4.46. The summed E-state index contributed by atoms with van der Waals surface area (Å²) >= 11 is 5.97. The van der Waals surface area contributed by atoms with Crippen LogP contribution >= 0.6 is 11.6 Å². The van der Waals surface area contributed by atoms with E-state index < -0.39 is 0 Å². The van der Waals surface area contributed by atoms with E-state index >= 15 is 0 Å². The summed E-state index contributed by atoms with van der Waals surface area (Å²) in [5.41, 5.74) is 1.65. The van der Waals surface area contributed by atoms with Crippen molar-refractivity contribution in [3.63, 3.8) is 0 Å². The van der Waals surface area contributed by atoms with Crippen molar-refractivity contribution in [2.75, 3.05) is 0 Å². The molecule has 0 radical (unpaired) electrons. The molecule has 0 aliphatic heterocycles. The van der Waals surface area contributed by atoms with Gasteiger partial charge < -0.3 is 4.57 Å². The largest absolute Gasteiger partial charge is 0.324 e. The smallest absolute Gasteiger partial charge is 0.125 e. The van der Waals surface area contributed by atoms with Gasteiger partial charge in [0.25, 0.3) is 0 Å². The highest BCUT2D eigenvalue weighted by molar-refractivity contribution is 6.16. The third-order valence-corrected chi connectivity index (χ3v) is 3.69. The molecule has 0 aliphatic carbocycles. The third kappa shape index (κ3) is 3.08. The molecule has 2 rings (SSSR count). The van der Waals surface area contributed by atoms with E-state index in [1.807, 2.05) is 0 Å². The van der Waals surface area contributed by atoms with Gasteiger partial charge >= 0.3 is 0 Å². The number of imidazole rings is 1. The summed E-state index contributed by atoms with van der Waals surface area (Å²) in [5.74, 6) is 1.59. The number of aromatic nitrogens is 2. The predicted octanol–water partition coefficient (Wildman–Crippen LogP) is 4.91. The molecular weight excluding hydrogens is 263 g/mol. The van der Waals surface area contributed by atoms with E-state index in [4.69, 9.17) is 11.6 Å². The maximum absolute atomic E-state index is 13.3. The van der Waals surface area contributed by atoms with Crippen molar-refractivity contribution in [3.05, 3.63) is 29.8 Å². The zero-order valence-corrected chi connectivity index (χ0v) is 12.4. The summed E-state index contributed by atoms with van der Waals surface area (Å²) in [4.78, 5) is 4.43. The van der Waals surface area contributed by atoms with E-state index in [0.717, 1.165) is 24.2 Å². The van der Waals surface area contributed by atoms with Crippen LogP contribution in [0.3, 0.4) is 0 Å². The number of rotatable bonds is 5. The van der Waals surface area contributed by atoms with Gasteiger partial charge in [0.05, 0.1) is 16.9 Å². The normalized spacial score (nSPS) is 13.4. The van der Waals surface area contributed by atoms with Crippen molar-refractivity contribution < 1.29 is 4.39 Å². The molecule has 1 aromatic carbocycles. The maximum Gasteiger partial charge on any atom is 0.125 e. The average Bonchev–Trinajstić information content (AvgIpc) is 2.73. The molecule has 19 heavy (non-hydrogen) atoms. The fraction of sp³-hybridized carbons (Fsp3) is 0.533. The minimum atomic E-state index is -0.256. The lowest BCUT2D eigenvalue weighted by Crippen LogP contribution is -2.09. The molecule has 0 saturated carbocycles. The summed E-state index contributed by atoms with van der Waals surface area (Å²) in [6.45, 7) is 6.61. The molecule has 0 fully saturated rings. The molecule has 0 saturated heterocycles. The van der Waals surface area contributed by atoms with Crippen molar-refractivity contribution in [1.29, 1.82) is 0 Å². The second kappa shape index (κ2) is 5.91. The van der Waals surface area contributed by atoms with Crippen LogP contribution in [0.1, 0.15) is 45.5 Å². The Morgan fingerprint density at radius 2 is 2.00 bits per heavy atom. The molecular formula is C15H20ClFN2. The standard InChI is InChI=1S/C15H20ClFN2/c1-10(2)4-5-11(3)19-14-7-6-12(17)8-13(14)18-15(19)9-16/h6-8,10-11H,4-5,9H2,1-3H3. The summed E-state index contributed by atoms with van der Waals surface area (Å²) in [5, 5.41) is 0. The second-order valence-electron chi connectivity index (χ2n) is 5.48. The van der Waals surface area contributed by atoms with E-state index in [9.17, 15) is 4.39 Å². The first kappa shape index (κ1) is 14.3. The van der Waals surface area contributed by atoms with Crippen molar-refractivity contribution in [2.24, 2.45) is 5.92 Å². The highest BCUT2D eigenvalue weighted by Gasteiger charge is 2.16. The SMILES string of the molecule is CC(C)CCC(C)n1c(CCl)nc2cc(F)ccc21. The molecule has 1 aromatic heterocycles. The van der Waals surface area contributed by atoms with Crippen LogP contribution in [0, 0.1) is 11.7 Å². The van der Waals surface area contributed by atoms with Crippen LogP contribution in [0.25, 0.3) is 11.0 Å². The molecule has 2 aromatic rings. The number of benzene rings is 1. The highest BCUT2D eigenvalue weighted by atomic mass is 35.5. The monoisotopic (exact) mass is 282 g/mol. The zero-order chi connectivity index (χ0) is 14.0. The van der Waals surface area contributed by atoms with Crippen molar-refractivity contribution >= 4 is 22.6 Å². The van der Waals surface area contributed by atoms with Crippen LogP contribution in [0.2, 0.25) is 0 Å². The Balaban J connectivity index is 2.39. The summed E-state index contributed by atoms with van der Waals surface area (Å²) in [6, 6.07) is 5.07. The maximum atomic E-state index is 13.3. The van der Waals surface area contributed by atoms with Crippen LogP contribution in [-0.2, 0) is 5.88 Å². The Morgan fingerprint density at radius 1 is 1.26 bits per heavy atom. The molecule has 4 heteroatoms. The Bertz CT molecular complexity index is 563. The van der Waals surface area contributed by atoms with E-state index in [1.165, 1.54) is 12.1 Å². The molecule has 0 aliphatic rings. The number of fused-ring (bicyclic) bond motifs is 1. The first-order valence-electron chi connectivity index (χ1n) is 6.75. The van der Waals surface area contributed by atoms with Gasteiger partial charge in [-0.15, -0.1) is 11.6 Å². The zero-order valence-electron chi connectivity index (χ0n) is 11.7. The van der Waals surface area contributed by atoms with Gasteiger partial charge in [-0.05, 0) is 37.8 Å². The summed E-state index contributed by atoms with van der Waals surface area (Å²) < 4.78 is 15.4. The molecule has 0 spiro atoms. The highest BCUT2D eigenvalue weighted by Crippen LogP contribution is 2.26. The summed E-state index contributed by atoms with van der Waals surface area (Å²) in [7, 11) is 0. The van der Waals surface area contributed by atoms with Crippen LogP contribution in [0.4, 0.5) is 4.39 Å². The molecule has 1 atom stereocenters. The molecule has 0 amide bonds. The Morgan fingerprint density at radius 3 is 2.63 bits per heavy atom. The van der Waals surface area contributed by atoms with Gasteiger partial charge in [0, 0.05) is 12.1 Å². The summed E-state index contributed by atoms with van der Waals surface area (Å²) in [6.07, 6.45) is 2.23. The van der Waals surface area contributed by atoms with E-state index in [2.05, 4.69) is 30.3 Å². The lowest BCUT2D eigenvalue weighted by atomic mass is 10.0. The Hall–Kier alpha value is -1.09. The number of halogens is 2. The molecule has 1 heterocycles. The van der Waals surface area contributed by atoms with Crippen LogP contribution in [-0.4, -0.2) is 9.55 Å². The molecule has 2 nitrogen and oxygen atoms in total. The van der Waals surface area contributed by atoms with Crippen molar-refractivity contribution in [3.8, 4) is 0 Å². The lowest BCUT2D eigenvalue weighted by Gasteiger charge is -2.18. The molecule has 104 valence electrons. The number of nitrogens with zero attached hydrogens (tertiary/aromatic N) is 2. The van der Waals surface area contributed by atoms with Crippen LogP contribution in [0.15, 0.2) is 18.2 Å². The minimum Gasteiger partial charge on any atom is -0.324 e. The topological polar surface area (TPSA) is 17.8 Å². The molecule has 0 N–H and O–H groups in total. The van der Waals surface area contributed by atoms with Crippen LogP contribution < -0.4 is 0 Å². The average molecular weight is 283 g/mol. The fourth-order valence-electron chi connectivity index (χ4n) is 2.41. The third-order valence-electron chi connectivity index (χ3n) is 3.45. The van der Waals surface area contributed by atoms with Gasteiger partial charge in [0.1, 0.15) is 11.6 Å². The molecule has 1 unspecified atom stereocenters. The fourth-order valence-corrected chi connectivity index (χ4v) is 2.60. The first-order valence-corrected chi connectivity index (χ1v) is 7.28. The number of hydrogen-bond donors (Lipinski definition) is 0. The van der Waals surface area contributed by atoms with Crippen molar-refractivity contribution in [1.82, 2.24) is 9.55 Å². The quantitative estimate of drug-likeness (QED) is 0.712. The number of hydrogen-bond acceptors (Lipinski definition) is 1. The van der Waals surface area contributed by atoms with Gasteiger partial charge in [-0.1, -0.05) is 13.8 Å². The van der Waals surface area contributed by atoms with Gasteiger partial charge in [-0.3, -0.25) is 0 Å². The van der Waals surface area contributed by atoms with E-state index in [0.29, 0.717) is 23.4 Å². The molecule has 0 bridgehead atoms. The second-order valence-corrected chi connectivity index (χ2v) is 5.75. The van der Waals surface area contributed by atoms with E-state index in [-0.39, 0.29) is 5.82 Å². The predicted molar refractivity (Wildman–Crippen MR) is 78.0 cm³/mol. The lowest BCUT2D eigenvalue weighted by molar-refractivity contribution is 0.440. The van der Waals surface area contributed by atoms with Gasteiger partial charge in [0.2, 0.25) is 0 Å². The van der Waals surface area contributed by atoms with Crippen molar-refractivity contribution in [2.45, 2.75) is 45.5 Å². The van der Waals surface area contributed by atoms with Gasteiger partial charge in [-0.25, -0.2) is 9.37 Å². The Labute approximate surface area is 118 Å². The van der Waals surface area contributed by atoms with Crippen LogP contribution in [0.5, 0.6) is 0 Å². The van der Waals surface area contributed by atoms with E-state index in [1.54, 1.807) is 6.07 Å².